The molecule has 1 aromatic carbocycles. The van der Waals surface area contributed by atoms with Crippen LogP contribution in [0.15, 0.2) is 18.2 Å². The standard InChI is InChI=1S/C13H16F4N2/c14-11-2-1-10(12(5-11)13(15,16)17)8-19-4-3-9(6-18)7-19/h1-2,5,9H,3-4,6-8,18H2. The Morgan fingerprint density at radius 3 is 2.63 bits per heavy atom. The third-order valence-electron chi connectivity index (χ3n) is 3.47. The van der Waals surface area contributed by atoms with Crippen LogP contribution in [0.3, 0.4) is 0 Å². The minimum atomic E-state index is -4.52. The molecule has 1 unspecified atom stereocenters. The summed E-state index contributed by atoms with van der Waals surface area (Å²) in [5.41, 5.74) is 4.78. The molecule has 106 valence electrons. The van der Waals surface area contributed by atoms with Crippen LogP contribution in [-0.4, -0.2) is 24.5 Å². The quantitative estimate of drug-likeness (QED) is 0.860. The van der Waals surface area contributed by atoms with Crippen LogP contribution in [0.1, 0.15) is 17.5 Å². The van der Waals surface area contributed by atoms with Crippen molar-refractivity contribution in [2.24, 2.45) is 11.7 Å². The Kier molecular flexibility index (Phi) is 4.10. The number of hydrogen-bond acceptors (Lipinski definition) is 2. The van der Waals surface area contributed by atoms with Gasteiger partial charge in [-0.25, -0.2) is 4.39 Å². The second kappa shape index (κ2) is 5.46. The van der Waals surface area contributed by atoms with Crippen molar-refractivity contribution in [1.29, 1.82) is 0 Å². The number of hydrogen-bond donors (Lipinski definition) is 1. The predicted octanol–water partition coefficient (Wildman–Crippen LogP) is 2.63. The van der Waals surface area contributed by atoms with Crippen LogP contribution in [0, 0.1) is 11.7 Å². The second-order valence-corrected chi connectivity index (χ2v) is 4.92. The molecule has 0 amide bonds. The third kappa shape index (κ3) is 3.45. The van der Waals surface area contributed by atoms with Crippen LogP contribution in [0.5, 0.6) is 0 Å². The molecule has 0 bridgehead atoms. The molecule has 1 aromatic rings. The number of nitrogens with two attached hydrogens (primary N) is 1. The molecule has 1 aliphatic rings. The van der Waals surface area contributed by atoms with E-state index in [1.165, 1.54) is 6.07 Å². The van der Waals surface area contributed by atoms with E-state index in [-0.39, 0.29) is 12.1 Å². The van der Waals surface area contributed by atoms with E-state index in [2.05, 4.69) is 0 Å². The molecule has 0 aromatic heterocycles. The van der Waals surface area contributed by atoms with E-state index < -0.39 is 17.6 Å². The molecular weight excluding hydrogens is 260 g/mol. The summed E-state index contributed by atoms with van der Waals surface area (Å²) < 4.78 is 51.5. The van der Waals surface area contributed by atoms with Gasteiger partial charge in [0, 0.05) is 13.1 Å². The van der Waals surface area contributed by atoms with E-state index in [1.807, 2.05) is 4.90 Å². The number of nitrogens with zero attached hydrogens (tertiary/aromatic N) is 1. The van der Waals surface area contributed by atoms with E-state index in [1.54, 1.807) is 0 Å². The van der Waals surface area contributed by atoms with Gasteiger partial charge in [0.1, 0.15) is 5.82 Å². The van der Waals surface area contributed by atoms with Crippen molar-refractivity contribution in [1.82, 2.24) is 4.90 Å². The van der Waals surface area contributed by atoms with Crippen molar-refractivity contribution >= 4 is 0 Å². The molecular formula is C13H16F4N2. The second-order valence-electron chi connectivity index (χ2n) is 4.92. The van der Waals surface area contributed by atoms with Crippen LogP contribution in [-0.2, 0) is 12.7 Å². The molecule has 2 rings (SSSR count). The Bertz CT molecular complexity index is 445. The first-order valence-electron chi connectivity index (χ1n) is 6.18. The van der Waals surface area contributed by atoms with Crippen LogP contribution < -0.4 is 5.73 Å². The fourth-order valence-electron chi connectivity index (χ4n) is 2.44. The van der Waals surface area contributed by atoms with Gasteiger partial charge in [-0.15, -0.1) is 0 Å². The van der Waals surface area contributed by atoms with E-state index in [9.17, 15) is 17.6 Å². The summed E-state index contributed by atoms with van der Waals surface area (Å²) in [4.78, 5) is 1.93. The Labute approximate surface area is 109 Å². The van der Waals surface area contributed by atoms with E-state index in [0.717, 1.165) is 19.0 Å². The summed E-state index contributed by atoms with van der Waals surface area (Å²) in [6, 6.07) is 2.85. The molecule has 6 heteroatoms. The Hall–Kier alpha value is -1.14. The smallest absolute Gasteiger partial charge is 0.330 e. The average molecular weight is 276 g/mol. The number of rotatable bonds is 3. The number of benzene rings is 1. The summed E-state index contributed by atoms with van der Waals surface area (Å²) in [6.45, 7) is 2.17. The van der Waals surface area contributed by atoms with Crippen LogP contribution in [0.4, 0.5) is 17.6 Å². The first-order chi connectivity index (χ1) is 8.90. The van der Waals surface area contributed by atoms with Crippen LogP contribution in [0.25, 0.3) is 0 Å². The number of alkyl halides is 3. The zero-order valence-corrected chi connectivity index (χ0v) is 10.4. The molecule has 1 atom stereocenters. The summed E-state index contributed by atoms with van der Waals surface area (Å²) in [5.74, 6) is -0.521. The predicted molar refractivity (Wildman–Crippen MR) is 63.8 cm³/mol. The van der Waals surface area contributed by atoms with Gasteiger partial charge in [0.25, 0.3) is 0 Å². The molecule has 0 aliphatic carbocycles. The lowest BCUT2D eigenvalue weighted by Gasteiger charge is -2.19. The van der Waals surface area contributed by atoms with Gasteiger partial charge in [0.2, 0.25) is 0 Å². The maximum atomic E-state index is 13.0. The summed E-state index contributed by atoms with van der Waals surface area (Å²) in [6.07, 6.45) is -3.62. The molecule has 1 aliphatic heterocycles. The highest BCUT2D eigenvalue weighted by molar-refractivity contribution is 5.30. The van der Waals surface area contributed by atoms with Crippen LogP contribution in [0.2, 0.25) is 0 Å². The van der Waals surface area contributed by atoms with Crippen molar-refractivity contribution in [3.8, 4) is 0 Å². The average Bonchev–Trinajstić information content (AvgIpc) is 2.78. The third-order valence-corrected chi connectivity index (χ3v) is 3.47. The van der Waals surface area contributed by atoms with Gasteiger partial charge in [-0.3, -0.25) is 4.90 Å². The molecule has 1 heterocycles. The normalized spacial score (nSPS) is 21.0. The first kappa shape index (κ1) is 14.3. The highest BCUT2D eigenvalue weighted by atomic mass is 19.4. The molecule has 0 spiro atoms. The van der Waals surface area contributed by atoms with Gasteiger partial charge in [-0.2, -0.15) is 13.2 Å². The highest BCUT2D eigenvalue weighted by Crippen LogP contribution is 2.33. The molecule has 1 saturated heterocycles. The van der Waals surface area contributed by atoms with Gasteiger partial charge in [-0.1, -0.05) is 6.07 Å². The van der Waals surface area contributed by atoms with Crippen molar-refractivity contribution < 1.29 is 17.6 Å². The fraction of sp³-hybridized carbons (Fsp3) is 0.538. The lowest BCUT2D eigenvalue weighted by molar-refractivity contribution is -0.138. The molecule has 19 heavy (non-hydrogen) atoms. The Balaban J connectivity index is 2.16. The van der Waals surface area contributed by atoms with Crippen molar-refractivity contribution in [3.05, 3.63) is 35.1 Å². The lowest BCUT2D eigenvalue weighted by Crippen LogP contribution is -2.24. The Morgan fingerprint density at radius 2 is 2.05 bits per heavy atom. The maximum absolute atomic E-state index is 13.0. The largest absolute Gasteiger partial charge is 0.416 e. The SMILES string of the molecule is NCC1CCN(Cc2ccc(F)cc2C(F)(F)F)C1. The van der Waals surface area contributed by atoms with Gasteiger partial charge in [0.15, 0.2) is 0 Å². The minimum absolute atomic E-state index is 0.117. The summed E-state index contributed by atoms with van der Waals surface area (Å²) in [7, 11) is 0. The van der Waals surface area contributed by atoms with Crippen molar-refractivity contribution in [2.75, 3.05) is 19.6 Å². The molecule has 2 N–H and O–H groups in total. The molecule has 2 nitrogen and oxygen atoms in total. The summed E-state index contributed by atoms with van der Waals surface area (Å²) in [5, 5.41) is 0. The topological polar surface area (TPSA) is 29.3 Å². The number of likely N-dealkylation sites (tertiary alicyclic amines) is 1. The molecule has 0 saturated carbocycles. The minimum Gasteiger partial charge on any atom is -0.330 e. The lowest BCUT2D eigenvalue weighted by atomic mass is 10.1. The van der Waals surface area contributed by atoms with Gasteiger partial charge in [-0.05, 0) is 43.1 Å². The monoisotopic (exact) mass is 276 g/mol. The fourth-order valence-corrected chi connectivity index (χ4v) is 2.44. The van der Waals surface area contributed by atoms with Crippen LogP contribution >= 0.6 is 0 Å². The van der Waals surface area contributed by atoms with Crippen molar-refractivity contribution in [2.45, 2.75) is 19.1 Å². The van der Waals surface area contributed by atoms with Gasteiger partial charge < -0.3 is 5.73 Å². The van der Waals surface area contributed by atoms with E-state index >= 15 is 0 Å². The maximum Gasteiger partial charge on any atom is 0.416 e. The molecule has 0 radical (unpaired) electrons. The van der Waals surface area contributed by atoms with E-state index in [4.69, 9.17) is 5.73 Å². The number of halogens is 4. The summed E-state index contributed by atoms with van der Waals surface area (Å²) >= 11 is 0. The van der Waals surface area contributed by atoms with Gasteiger partial charge >= 0.3 is 6.18 Å². The first-order valence-corrected chi connectivity index (χ1v) is 6.18. The zero-order valence-electron chi connectivity index (χ0n) is 10.4. The Morgan fingerprint density at radius 1 is 1.32 bits per heavy atom. The molecule has 1 fully saturated rings. The van der Waals surface area contributed by atoms with Gasteiger partial charge in [0.05, 0.1) is 5.56 Å². The van der Waals surface area contributed by atoms with E-state index in [0.29, 0.717) is 25.1 Å². The highest BCUT2D eigenvalue weighted by Gasteiger charge is 2.34. The zero-order chi connectivity index (χ0) is 14.0. The van der Waals surface area contributed by atoms with Crippen molar-refractivity contribution in [3.63, 3.8) is 0 Å².